The number of hydrogen-bond donors (Lipinski definition) is 0. The molecule has 0 aliphatic heterocycles. The van der Waals surface area contributed by atoms with E-state index in [0.29, 0.717) is 5.92 Å². The molecule has 190 valence electrons. The Labute approximate surface area is 226 Å². The maximum absolute atomic E-state index is 2.53. The summed E-state index contributed by atoms with van der Waals surface area (Å²) in [6.07, 6.45) is 7.24. The van der Waals surface area contributed by atoms with Gasteiger partial charge < -0.3 is 0 Å². The molecule has 0 aliphatic carbocycles. The second-order valence-electron chi connectivity index (χ2n) is 10.7. The second-order valence-corrected chi connectivity index (χ2v) is 12.9. The average Bonchev–Trinajstić information content (AvgIpc) is 2.92. The number of rotatable bonds is 11. The first-order valence-corrected chi connectivity index (χ1v) is 15.2. The average molecular weight is 505 g/mol. The topological polar surface area (TPSA) is 0 Å². The Kier molecular flexibility index (Phi) is 9.92. The molecule has 0 unspecified atom stereocenters. The van der Waals surface area contributed by atoms with E-state index < -0.39 is 7.92 Å². The number of hydrogen-bond acceptors (Lipinski definition) is 0. The summed E-state index contributed by atoms with van der Waals surface area (Å²) in [4.78, 5) is 0. The highest BCUT2D eigenvalue weighted by Crippen LogP contribution is 2.39. The van der Waals surface area contributed by atoms with Gasteiger partial charge >= 0.3 is 0 Å². The lowest BCUT2D eigenvalue weighted by atomic mass is 9.89. The van der Waals surface area contributed by atoms with E-state index in [1.54, 1.807) is 0 Å². The van der Waals surface area contributed by atoms with Crippen molar-refractivity contribution < 1.29 is 0 Å². The van der Waals surface area contributed by atoms with E-state index in [2.05, 4.69) is 143 Å². The van der Waals surface area contributed by atoms with E-state index in [-0.39, 0.29) is 0 Å². The lowest BCUT2D eigenvalue weighted by molar-refractivity contribution is 0.588. The molecule has 1 heteroatoms. The molecule has 0 aliphatic rings. The molecule has 4 aromatic carbocycles. The van der Waals surface area contributed by atoms with Crippen molar-refractivity contribution in [1.29, 1.82) is 0 Å². The van der Waals surface area contributed by atoms with Gasteiger partial charge in [-0.05, 0) is 83.6 Å². The van der Waals surface area contributed by atoms with Crippen LogP contribution in [0.25, 0.3) is 16.7 Å². The summed E-state index contributed by atoms with van der Waals surface area (Å²) in [6, 6.07) is 40.3. The number of benzene rings is 4. The Morgan fingerprint density at radius 3 is 1.70 bits per heavy atom. The lowest BCUT2D eigenvalue weighted by Crippen LogP contribution is -2.22. The highest BCUT2D eigenvalue weighted by Gasteiger charge is 2.21. The summed E-state index contributed by atoms with van der Waals surface area (Å²) < 4.78 is 0. The molecule has 0 N–H and O–H groups in total. The van der Waals surface area contributed by atoms with Gasteiger partial charge in [-0.15, -0.1) is 0 Å². The predicted octanol–water partition coefficient (Wildman–Crippen LogP) is 9.37. The quantitative estimate of drug-likeness (QED) is 0.178. The summed E-state index contributed by atoms with van der Waals surface area (Å²) in [5.41, 5.74) is 5.62. The molecule has 0 fully saturated rings. The zero-order chi connectivity index (χ0) is 26.0. The minimum Gasteiger partial charge on any atom is -0.0807 e. The maximum Gasteiger partial charge on any atom is -0.00724 e. The summed E-state index contributed by atoms with van der Waals surface area (Å²) >= 11 is 0. The van der Waals surface area contributed by atoms with Crippen LogP contribution in [0.1, 0.15) is 58.9 Å². The van der Waals surface area contributed by atoms with Crippen LogP contribution in [0.3, 0.4) is 0 Å². The zero-order valence-electron chi connectivity index (χ0n) is 22.9. The fourth-order valence-electron chi connectivity index (χ4n) is 4.86. The van der Waals surface area contributed by atoms with Crippen molar-refractivity contribution in [2.24, 2.45) is 11.8 Å². The minimum absolute atomic E-state index is 0.679. The molecular weight excluding hydrogens is 463 g/mol. The van der Waals surface area contributed by atoms with E-state index in [9.17, 15) is 0 Å². The van der Waals surface area contributed by atoms with Crippen molar-refractivity contribution in [3.63, 3.8) is 0 Å². The fourth-order valence-corrected chi connectivity index (χ4v) is 7.32. The van der Waals surface area contributed by atoms with E-state index in [4.69, 9.17) is 0 Å². The van der Waals surface area contributed by atoms with Crippen molar-refractivity contribution in [3.8, 4) is 11.1 Å². The Balaban J connectivity index is 1.85. The SMILES string of the molecule is CC(C)CC/C=C(\CCC(C)C)c1ccccc1-c1ccccc1P(c1ccccc1)c1ccccc1. The fraction of sp³-hybridized carbons (Fsp3) is 0.278. The van der Waals surface area contributed by atoms with Gasteiger partial charge in [0, 0.05) is 0 Å². The summed E-state index contributed by atoms with van der Waals surface area (Å²) in [7, 11) is -0.679. The van der Waals surface area contributed by atoms with Crippen LogP contribution in [0.2, 0.25) is 0 Å². The third kappa shape index (κ3) is 7.30. The van der Waals surface area contributed by atoms with Gasteiger partial charge in [0.1, 0.15) is 0 Å². The van der Waals surface area contributed by atoms with E-state index in [1.807, 2.05) is 0 Å². The van der Waals surface area contributed by atoms with Crippen molar-refractivity contribution >= 4 is 29.4 Å². The zero-order valence-corrected chi connectivity index (χ0v) is 23.8. The molecule has 4 aromatic rings. The molecule has 0 saturated carbocycles. The Bertz CT molecular complexity index is 1230. The van der Waals surface area contributed by atoms with Gasteiger partial charge in [-0.25, -0.2) is 0 Å². The van der Waals surface area contributed by atoms with Crippen LogP contribution in [-0.4, -0.2) is 0 Å². The third-order valence-electron chi connectivity index (χ3n) is 6.86. The molecule has 0 spiro atoms. The predicted molar refractivity (Wildman–Crippen MR) is 167 cm³/mol. The van der Waals surface area contributed by atoms with Gasteiger partial charge in [0.2, 0.25) is 0 Å². The third-order valence-corrected chi connectivity index (χ3v) is 9.36. The van der Waals surface area contributed by atoms with E-state index in [0.717, 1.165) is 18.8 Å². The molecule has 0 amide bonds. The molecule has 0 saturated heterocycles. The lowest BCUT2D eigenvalue weighted by Gasteiger charge is -2.24. The molecule has 37 heavy (non-hydrogen) atoms. The van der Waals surface area contributed by atoms with E-state index >= 15 is 0 Å². The van der Waals surface area contributed by atoms with Crippen LogP contribution < -0.4 is 15.9 Å². The molecule has 0 radical (unpaired) electrons. The number of allylic oxidation sites excluding steroid dienone is 2. The summed E-state index contributed by atoms with van der Waals surface area (Å²) in [6.45, 7) is 9.31. The highest BCUT2D eigenvalue weighted by molar-refractivity contribution is 7.80. The van der Waals surface area contributed by atoms with Gasteiger partial charge in [0.05, 0.1) is 0 Å². The van der Waals surface area contributed by atoms with Crippen LogP contribution in [0.15, 0.2) is 115 Å². The van der Waals surface area contributed by atoms with E-state index in [1.165, 1.54) is 51.0 Å². The Morgan fingerprint density at radius 1 is 0.595 bits per heavy atom. The highest BCUT2D eigenvalue weighted by atomic mass is 31.1. The first-order valence-electron chi connectivity index (χ1n) is 13.8. The van der Waals surface area contributed by atoms with Crippen LogP contribution in [0.4, 0.5) is 0 Å². The molecule has 0 bridgehead atoms. The van der Waals surface area contributed by atoms with Gasteiger partial charge in [-0.1, -0.05) is 143 Å². The second kappa shape index (κ2) is 13.6. The monoisotopic (exact) mass is 504 g/mol. The maximum atomic E-state index is 2.53. The van der Waals surface area contributed by atoms with Gasteiger partial charge in [-0.2, -0.15) is 0 Å². The Morgan fingerprint density at radius 2 is 1.11 bits per heavy atom. The molecule has 0 aromatic heterocycles. The minimum atomic E-state index is -0.679. The molecule has 0 atom stereocenters. The van der Waals surface area contributed by atoms with Crippen LogP contribution in [0.5, 0.6) is 0 Å². The van der Waals surface area contributed by atoms with Crippen molar-refractivity contribution in [2.75, 3.05) is 0 Å². The smallest absolute Gasteiger partial charge is 0.00724 e. The van der Waals surface area contributed by atoms with Crippen LogP contribution in [0, 0.1) is 11.8 Å². The van der Waals surface area contributed by atoms with Crippen molar-refractivity contribution in [2.45, 2.75) is 53.4 Å². The van der Waals surface area contributed by atoms with Crippen molar-refractivity contribution in [3.05, 3.63) is 121 Å². The normalized spacial score (nSPS) is 12.0. The first kappa shape index (κ1) is 27.1. The molecule has 4 rings (SSSR count). The molecule has 0 heterocycles. The summed E-state index contributed by atoms with van der Waals surface area (Å²) in [5, 5.41) is 4.20. The van der Waals surface area contributed by atoms with Gasteiger partial charge in [0.15, 0.2) is 0 Å². The molecular formula is C36H41P. The Hall–Kier alpha value is -2.95. The summed E-state index contributed by atoms with van der Waals surface area (Å²) in [5.74, 6) is 1.41. The van der Waals surface area contributed by atoms with Gasteiger partial charge in [-0.3, -0.25) is 0 Å². The van der Waals surface area contributed by atoms with Crippen molar-refractivity contribution in [1.82, 2.24) is 0 Å². The molecule has 0 nitrogen and oxygen atoms in total. The standard InChI is InChI=1S/C36H41P/c1-28(2)16-15-17-30(27-26-29(3)4)33-22-11-12-23-34(33)35-24-13-14-25-36(35)37(31-18-7-5-8-19-31)32-20-9-6-10-21-32/h5-14,17-25,28-29H,15-16,26-27H2,1-4H3/b30-17+. The van der Waals surface area contributed by atoms with Crippen LogP contribution >= 0.6 is 7.92 Å². The first-order chi connectivity index (χ1) is 18.0. The largest absolute Gasteiger partial charge is 0.0807 e. The van der Waals surface area contributed by atoms with Crippen LogP contribution in [-0.2, 0) is 0 Å². The van der Waals surface area contributed by atoms with Gasteiger partial charge in [0.25, 0.3) is 0 Å².